The van der Waals surface area contributed by atoms with Gasteiger partial charge in [0.2, 0.25) is 0 Å². The average Bonchev–Trinajstić information content (AvgIpc) is 2.23. The van der Waals surface area contributed by atoms with Gasteiger partial charge in [0.1, 0.15) is 0 Å². The van der Waals surface area contributed by atoms with Crippen LogP contribution < -0.4 is 10.6 Å². The van der Waals surface area contributed by atoms with Gasteiger partial charge in [-0.05, 0) is 24.1 Å². The summed E-state index contributed by atoms with van der Waals surface area (Å²) in [6, 6.07) is 3.54. The summed E-state index contributed by atoms with van der Waals surface area (Å²) in [5.41, 5.74) is 1.52. The Balaban J connectivity index is 3.24. The number of benzene rings is 1. The van der Waals surface area contributed by atoms with E-state index in [1.54, 1.807) is 18.2 Å². The lowest BCUT2D eigenvalue weighted by Gasteiger charge is -2.08. The second-order valence-electron chi connectivity index (χ2n) is 3.01. The molecule has 15 heavy (non-hydrogen) atoms. The first-order chi connectivity index (χ1) is 7.22. The Kier molecular flexibility index (Phi) is 3.74. The molecule has 1 aromatic rings. The highest BCUT2D eigenvalue weighted by molar-refractivity contribution is 5.85. The first kappa shape index (κ1) is 11.1. The molecule has 0 aromatic heterocycles. The van der Waals surface area contributed by atoms with Gasteiger partial charge in [-0.2, -0.15) is 5.10 Å². The maximum absolute atomic E-state index is 9.71. The average molecular weight is 206 g/mol. The van der Waals surface area contributed by atoms with Crippen LogP contribution in [0.15, 0.2) is 29.9 Å². The van der Waals surface area contributed by atoms with Gasteiger partial charge in [0.05, 0.1) is 13.3 Å². The van der Waals surface area contributed by atoms with E-state index < -0.39 is 0 Å². The number of ether oxygens (including phenoxy) is 1. The number of nitrogens with two attached hydrogens (primary N) is 1. The Morgan fingerprint density at radius 3 is 2.87 bits per heavy atom. The zero-order chi connectivity index (χ0) is 11.3. The van der Waals surface area contributed by atoms with Crippen molar-refractivity contribution in [2.45, 2.75) is 6.42 Å². The molecule has 0 saturated heterocycles. The van der Waals surface area contributed by atoms with Crippen molar-refractivity contribution >= 4 is 6.21 Å². The molecule has 0 unspecified atom stereocenters. The standard InChI is InChI=1S/C11H14N2O2/c1-3-4-8-5-9(7-13-12)11(14)10(6-8)15-2/h3,5-7,14H,1,4,12H2,2H3. The molecule has 0 spiro atoms. The van der Waals surface area contributed by atoms with Crippen LogP contribution in [-0.4, -0.2) is 18.4 Å². The van der Waals surface area contributed by atoms with E-state index in [0.717, 1.165) is 5.56 Å². The molecule has 3 N–H and O–H groups in total. The van der Waals surface area contributed by atoms with E-state index in [0.29, 0.717) is 17.7 Å². The van der Waals surface area contributed by atoms with Crippen LogP contribution in [0.2, 0.25) is 0 Å². The number of aromatic hydroxyl groups is 1. The van der Waals surface area contributed by atoms with Crippen LogP contribution >= 0.6 is 0 Å². The highest BCUT2D eigenvalue weighted by Crippen LogP contribution is 2.30. The molecular weight excluding hydrogens is 192 g/mol. The summed E-state index contributed by atoms with van der Waals surface area (Å²) in [7, 11) is 1.50. The number of nitrogens with zero attached hydrogens (tertiary/aromatic N) is 1. The van der Waals surface area contributed by atoms with Gasteiger partial charge in [-0.25, -0.2) is 0 Å². The van der Waals surface area contributed by atoms with Crippen LogP contribution in [0.4, 0.5) is 0 Å². The van der Waals surface area contributed by atoms with Gasteiger partial charge in [-0.3, -0.25) is 0 Å². The largest absolute Gasteiger partial charge is 0.504 e. The predicted octanol–water partition coefficient (Wildman–Crippen LogP) is 1.42. The Morgan fingerprint density at radius 2 is 2.33 bits per heavy atom. The third kappa shape index (κ3) is 2.49. The third-order valence-corrected chi connectivity index (χ3v) is 1.98. The summed E-state index contributed by atoms with van der Waals surface area (Å²) < 4.78 is 5.03. The van der Waals surface area contributed by atoms with Gasteiger partial charge < -0.3 is 15.7 Å². The molecule has 0 atom stereocenters. The topological polar surface area (TPSA) is 67.8 Å². The van der Waals surface area contributed by atoms with Crippen molar-refractivity contribution in [3.8, 4) is 11.5 Å². The normalized spacial score (nSPS) is 10.5. The monoisotopic (exact) mass is 206 g/mol. The number of phenolic OH excluding ortho intramolecular Hbond substituents is 1. The SMILES string of the molecule is C=CCc1cc(C=NN)c(O)c(OC)c1. The Hall–Kier alpha value is -1.97. The van der Waals surface area contributed by atoms with Crippen molar-refractivity contribution in [3.63, 3.8) is 0 Å². The summed E-state index contributed by atoms with van der Waals surface area (Å²) in [6.07, 6.45) is 3.85. The molecule has 0 fully saturated rings. The molecule has 0 aliphatic heterocycles. The van der Waals surface area contributed by atoms with Crippen molar-refractivity contribution in [2.24, 2.45) is 10.9 Å². The summed E-state index contributed by atoms with van der Waals surface area (Å²) in [5, 5.41) is 13.1. The summed E-state index contributed by atoms with van der Waals surface area (Å²) in [6.45, 7) is 3.65. The van der Waals surface area contributed by atoms with E-state index in [-0.39, 0.29) is 5.75 Å². The maximum Gasteiger partial charge on any atom is 0.166 e. The molecule has 0 aliphatic carbocycles. The molecule has 0 heterocycles. The van der Waals surface area contributed by atoms with E-state index in [1.807, 2.05) is 0 Å². The van der Waals surface area contributed by atoms with Gasteiger partial charge in [-0.1, -0.05) is 6.08 Å². The number of rotatable bonds is 4. The zero-order valence-corrected chi connectivity index (χ0v) is 8.60. The number of methoxy groups -OCH3 is 1. The Morgan fingerprint density at radius 1 is 1.60 bits per heavy atom. The molecular formula is C11H14N2O2. The third-order valence-electron chi connectivity index (χ3n) is 1.98. The van der Waals surface area contributed by atoms with Gasteiger partial charge >= 0.3 is 0 Å². The van der Waals surface area contributed by atoms with Crippen molar-refractivity contribution in [1.82, 2.24) is 0 Å². The summed E-state index contributed by atoms with van der Waals surface area (Å²) >= 11 is 0. The molecule has 0 bridgehead atoms. The zero-order valence-electron chi connectivity index (χ0n) is 8.60. The van der Waals surface area contributed by atoms with Crippen LogP contribution in [0.5, 0.6) is 11.5 Å². The van der Waals surface area contributed by atoms with Crippen LogP contribution in [0, 0.1) is 0 Å². The minimum absolute atomic E-state index is 0.0412. The molecule has 0 aliphatic rings. The maximum atomic E-state index is 9.71. The Labute approximate surface area is 88.7 Å². The van der Waals surface area contributed by atoms with Crippen molar-refractivity contribution in [3.05, 3.63) is 35.9 Å². The highest BCUT2D eigenvalue weighted by Gasteiger charge is 2.08. The molecule has 4 heteroatoms. The first-order valence-corrected chi connectivity index (χ1v) is 4.47. The molecule has 1 aromatic carbocycles. The quantitative estimate of drug-likeness (QED) is 0.339. The van der Waals surface area contributed by atoms with Crippen molar-refractivity contribution < 1.29 is 9.84 Å². The number of hydrogen-bond acceptors (Lipinski definition) is 4. The van der Waals surface area contributed by atoms with Crippen LogP contribution in [0.3, 0.4) is 0 Å². The van der Waals surface area contributed by atoms with Gasteiger partial charge in [0.15, 0.2) is 11.5 Å². The lowest BCUT2D eigenvalue weighted by molar-refractivity contribution is 0.372. The van der Waals surface area contributed by atoms with E-state index >= 15 is 0 Å². The number of phenols is 1. The minimum Gasteiger partial charge on any atom is -0.504 e. The lowest BCUT2D eigenvalue weighted by Crippen LogP contribution is -1.94. The lowest BCUT2D eigenvalue weighted by atomic mass is 10.1. The number of hydrogen-bond donors (Lipinski definition) is 2. The number of allylic oxidation sites excluding steroid dienone is 1. The van der Waals surface area contributed by atoms with Gasteiger partial charge in [0.25, 0.3) is 0 Å². The first-order valence-electron chi connectivity index (χ1n) is 4.47. The smallest absolute Gasteiger partial charge is 0.166 e. The van der Waals surface area contributed by atoms with Crippen molar-refractivity contribution in [1.29, 1.82) is 0 Å². The molecule has 4 nitrogen and oxygen atoms in total. The molecule has 0 saturated carbocycles. The highest BCUT2D eigenvalue weighted by atomic mass is 16.5. The minimum atomic E-state index is 0.0412. The predicted molar refractivity (Wildman–Crippen MR) is 60.3 cm³/mol. The fourth-order valence-corrected chi connectivity index (χ4v) is 1.31. The second-order valence-corrected chi connectivity index (χ2v) is 3.01. The molecule has 1 rings (SSSR count). The molecule has 80 valence electrons. The van der Waals surface area contributed by atoms with Gasteiger partial charge in [-0.15, -0.1) is 6.58 Å². The van der Waals surface area contributed by atoms with E-state index in [4.69, 9.17) is 10.6 Å². The van der Waals surface area contributed by atoms with E-state index in [9.17, 15) is 5.11 Å². The fraction of sp³-hybridized carbons (Fsp3) is 0.182. The molecule has 0 radical (unpaired) electrons. The van der Waals surface area contributed by atoms with E-state index in [2.05, 4.69) is 11.7 Å². The van der Waals surface area contributed by atoms with E-state index in [1.165, 1.54) is 13.3 Å². The van der Waals surface area contributed by atoms with Crippen molar-refractivity contribution in [2.75, 3.05) is 7.11 Å². The van der Waals surface area contributed by atoms with Crippen LogP contribution in [-0.2, 0) is 6.42 Å². The van der Waals surface area contributed by atoms with Crippen LogP contribution in [0.25, 0.3) is 0 Å². The number of hydrazone groups is 1. The summed E-state index contributed by atoms with van der Waals surface area (Å²) in [4.78, 5) is 0. The van der Waals surface area contributed by atoms with Crippen LogP contribution in [0.1, 0.15) is 11.1 Å². The van der Waals surface area contributed by atoms with Gasteiger partial charge in [0, 0.05) is 5.56 Å². The molecule has 0 amide bonds. The fourth-order valence-electron chi connectivity index (χ4n) is 1.31. The second kappa shape index (κ2) is 5.05. The summed E-state index contributed by atoms with van der Waals surface area (Å²) in [5.74, 6) is 5.49. The Bertz CT molecular complexity index is 386.